The molecule has 0 N–H and O–H groups in total. The van der Waals surface area contributed by atoms with Crippen molar-refractivity contribution in [3.8, 4) is 11.6 Å². The lowest BCUT2D eigenvalue weighted by Crippen LogP contribution is -2.42. The van der Waals surface area contributed by atoms with Crippen molar-refractivity contribution in [2.45, 2.75) is 83.0 Å². The molecule has 2 aromatic heterocycles. The molecular weight excluding hydrogens is 490 g/mol. The molecule has 2 aliphatic rings. The van der Waals surface area contributed by atoms with Crippen LogP contribution in [0.4, 0.5) is 4.79 Å². The SMILES string of the molecule is CN(C(=O)OC(C)(C)C)C1Cc2cc(Cl)ccc2-n2c(nnc2C2CCC(Oc3ccccn3)CC2)C1. The van der Waals surface area contributed by atoms with Crippen LogP contribution in [0.5, 0.6) is 5.88 Å². The summed E-state index contributed by atoms with van der Waals surface area (Å²) < 4.78 is 13.9. The molecule has 8 nitrogen and oxygen atoms in total. The van der Waals surface area contributed by atoms with Gasteiger partial charge in [-0.15, -0.1) is 10.2 Å². The Morgan fingerprint density at radius 1 is 1.08 bits per heavy atom. The lowest BCUT2D eigenvalue weighted by atomic mass is 9.86. The Hall–Kier alpha value is -3.13. The lowest BCUT2D eigenvalue weighted by molar-refractivity contribution is 0.0221. The highest BCUT2D eigenvalue weighted by Gasteiger charge is 2.34. The fourth-order valence-corrected chi connectivity index (χ4v) is 5.44. The lowest BCUT2D eigenvalue weighted by Gasteiger charge is -2.30. The van der Waals surface area contributed by atoms with Crippen molar-refractivity contribution in [2.75, 3.05) is 7.05 Å². The molecule has 1 aromatic carbocycles. The Labute approximate surface area is 223 Å². The molecule has 0 radical (unpaired) electrons. The first-order chi connectivity index (χ1) is 17.7. The number of nitrogens with zero attached hydrogens (tertiary/aromatic N) is 5. The third-order valence-corrected chi connectivity index (χ3v) is 7.34. The monoisotopic (exact) mass is 523 g/mol. The zero-order valence-corrected chi connectivity index (χ0v) is 22.6. The number of benzene rings is 1. The van der Waals surface area contributed by atoms with Crippen LogP contribution in [0.3, 0.4) is 0 Å². The first-order valence-electron chi connectivity index (χ1n) is 12.9. The summed E-state index contributed by atoms with van der Waals surface area (Å²) in [5, 5.41) is 9.98. The van der Waals surface area contributed by atoms with Crippen LogP contribution in [-0.4, -0.2) is 55.5 Å². The third kappa shape index (κ3) is 5.74. The van der Waals surface area contributed by atoms with Crippen LogP contribution in [-0.2, 0) is 17.6 Å². The van der Waals surface area contributed by atoms with Crippen molar-refractivity contribution in [3.63, 3.8) is 0 Å². The predicted octanol–water partition coefficient (Wildman–Crippen LogP) is 5.76. The Morgan fingerprint density at radius 2 is 1.86 bits per heavy atom. The maximum absolute atomic E-state index is 12.9. The van der Waals surface area contributed by atoms with E-state index in [0.29, 0.717) is 23.7 Å². The van der Waals surface area contributed by atoms with Crippen LogP contribution in [0.2, 0.25) is 5.02 Å². The Morgan fingerprint density at radius 3 is 2.57 bits per heavy atom. The number of pyridine rings is 1. The number of aromatic nitrogens is 4. The van der Waals surface area contributed by atoms with E-state index in [1.165, 1.54) is 0 Å². The number of amides is 1. The molecule has 1 unspecified atom stereocenters. The number of fused-ring (bicyclic) bond motifs is 3. The van der Waals surface area contributed by atoms with Gasteiger partial charge in [-0.2, -0.15) is 0 Å². The van der Waals surface area contributed by atoms with E-state index in [2.05, 4.69) is 19.7 Å². The van der Waals surface area contributed by atoms with Crippen molar-refractivity contribution in [2.24, 2.45) is 0 Å². The van der Waals surface area contributed by atoms with Crippen LogP contribution in [0.1, 0.15) is 69.6 Å². The van der Waals surface area contributed by atoms with E-state index in [0.717, 1.165) is 48.6 Å². The largest absolute Gasteiger partial charge is 0.474 e. The molecule has 0 saturated heterocycles. The van der Waals surface area contributed by atoms with Crippen molar-refractivity contribution in [3.05, 3.63) is 64.8 Å². The number of hydrogen-bond acceptors (Lipinski definition) is 6. The number of halogens is 1. The van der Waals surface area contributed by atoms with Gasteiger partial charge in [-0.1, -0.05) is 17.7 Å². The molecule has 3 heterocycles. The highest BCUT2D eigenvalue weighted by atomic mass is 35.5. The minimum atomic E-state index is -0.566. The number of rotatable bonds is 4. The molecule has 1 aliphatic heterocycles. The number of carbonyl (C=O) groups is 1. The Bertz CT molecular complexity index is 1250. The second-order valence-corrected chi connectivity index (χ2v) is 11.4. The first kappa shape index (κ1) is 25.5. The maximum Gasteiger partial charge on any atom is 0.410 e. The van der Waals surface area contributed by atoms with Gasteiger partial charge in [0, 0.05) is 42.7 Å². The number of ether oxygens (including phenoxy) is 2. The smallest absolute Gasteiger partial charge is 0.410 e. The second-order valence-electron chi connectivity index (χ2n) is 11.0. The van der Waals surface area contributed by atoms with Crippen LogP contribution in [0.25, 0.3) is 5.69 Å². The molecule has 37 heavy (non-hydrogen) atoms. The second kappa shape index (κ2) is 10.3. The highest BCUT2D eigenvalue weighted by Crippen LogP contribution is 2.37. The third-order valence-electron chi connectivity index (χ3n) is 7.11. The molecule has 1 atom stereocenters. The van der Waals surface area contributed by atoms with Gasteiger partial charge in [0.2, 0.25) is 5.88 Å². The summed E-state index contributed by atoms with van der Waals surface area (Å²) in [4.78, 5) is 18.9. The summed E-state index contributed by atoms with van der Waals surface area (Å²) in [5.41, 5.74) is 1.54. The van der Waals surface area contributed by atoms with Crippen LogP contribution < -0.4 is 4.74 Å². The first-order valence-corrected chi connectivity index (χ1v) is 13.3. The fourth-order valence-electron chi connectivity index (χ4n) is 5.25. The highest BCUT2D eigenvalue weighted by molar-refractivity contribution is 6.30. The predicted molar refractivity (Wildman–Crippen MR) is 141 cm³/mol. The van der Waals surface area contributed by atoms with E-state index in [1.54, 1.807) is 18.1 Å². The molecule has 3 aromatic rings. The van der Waals surface area contributed by atoms with Crippen molar-refractivity contribution < 1.29 is 14.3 Å². The van der Waals surface area contributed by atoms with Gasteiger partial charge >= 0.3 is 6.09 Å². The summed E-state index contributed by atoms with van der Waals surface area (Å²) in [6.45, 7) is 5.62. The molecule has 0 spiro atoms. The molecule has 1 aliphatic carbocycles. The van der Waals surface area contributed by atoms with Crippen LogP contribution in [0.15, 0.2) is 42.6 Å². The molecule has 0 bridgehead atoms. The Balaban J connectivity index is 1.39. The summed E-state index contributed by atoms with van der Waals surface area (Å²) in [5.74, 6) is 2.76. The standard InChI is InChI=1S/C28H34ClN5O3/c1-28(2,3)37-27(35)33(4)21-16-19-15-20(29)10-13-23(19)34-24(17-21)31-32-26(34)18-8-11-22(12-9-18)36-25-7-5-6-14-30-25/h5-7,10,13-15,18,21-22H,8-9,11-12,16-17H2,1-4H3. The van der Waals surface area contributed by atoms with E-state index in [9.17, 15) is 4.79 Å². The van der Waals surface area contributed by atoms with Gasteiger partial charge in [-0.25, -0.2) is 9.78 Å². The molecule has 9 heteroatoms. The number of likely N-dealkylation sites (N-methyl/N-ethyl adjacent to an activating group) is 1. The quantitative estimate of drug-likeness (QED) is 0.432. The zero-order chi connectivity index (χ0) is 26.2. The molecular formula is C28H34ClN5O3. The topological polar surface area (TPSA) is 82.4 Å². The van der Waals surface area contributed by atoms with E-state index >= 15 is 0 Å². The normalized spacial score (nSPS) is 21.4. The minimum Gasteiger partial charge on any atom is -0.474 e. The van der Waals surface area contributed by atoms with Gasteiger partial charge in [0.05, 0.1) is 5.69 Å². The molecule has 1 saturated carbocycles. The summed E-state index contributed by atoms with van der Waals surface area (Å²) in [6, 6.07) is 11.5. The maximum atomic E-state index is 12.9. The van der Waals surface area contributed by atoms with Crippen molar-refractivity contribution >= 4 is 17.7 Å². The molecule has 5 rings (SSSR count). The van der Waals surface area contributed by atoms with Crippen LogP contribution in [0, 0.1) is 0 Å². The summed E-state index contributed by atoms with van der Waals surface area (Å²) in [6.07, 6.45) is 6.56. The number of hydrogen-bond donors (Lipinski definition) is 0. The average molecular weight is 524 g/mol. The van der Waals surface area contributed by atoms with E-state index in [4.69, 9.17) is 21.1 Å². The summed E-state index contributed by atoms with van der Waals surface area (Å²) >= 11 is 6.41. The van der Waals surface area contributed by atoms with E-state index in [-0.39, 0.29) is 24.2 Å². The zero-order valence-electron chi connectivity index (χ0n) is 21.9. The minimum absolute atomic E-state index is 0.132. The average Bonchev–Trinajstić information content (AvgIpc) is 3.19. The van der Waals surface area contributed by atoms with Gasteiger partial charge < -0.3 is 14.4 Å². The molecule has 196 valence electrons. The van der Waals surface area contributed by atoms with Gasteiger partial charge in [0.1, 0.15) is 23.4 Å². The van der Waals surface area contributed by atoms with Gasteiger partial charge in [-0.05, 0) is 82.7 Å². The van der Waals surface area contributed by atoms with E-state index < -0.39 is 5.60 Å². The van der Waals surface area contributed by atoms with Crippen LogP contribution >= 0.6 is 11.6 Å². The molecule has 1 fully saturated rings. The summed E-state index contributed by atoms with van der Waals surface area (Å²) in [7, 11) is 1.79. The van der Waals surface area contributed by atoms with Crippen molar-refractivity contribution in [1.29, 1.82) is 0 Å². The van der Waals surface area contributed by atoms with Gasteiger partial charge in [0.15, 0.2) is 0 Å². The van der Waals surface area contributed by atoms with Gasteiger partial charge in [-0.3, -0.25) is 4.57 Å². The van der Waals surface area contributed by atoms with E-state index in [1.807, 2.05) is 57.2 Å². The fraction of sp³-hybridized carbons (Fsp3) is 0.500. The number of carbonyl (C=O) groups excluding carboxylic acids is 1. The Kier molecular flexibility index (Phi) is 7.12. The van der Waals surface area contributed by atoms with Crippen molar-refractivity contribution in [1.82, 2.24) is 24.6 Å². The van der Waals surface area contributed by atoms with Gasteiger partial charge in [0.25, 0.3) is 0 Å². The molecule has 1 amide bonds.